The maximum Gasteiger partial charge on any atom is 0.313 e. The maximum atomic E-state index is 14.7. The Morgan fingerprint density at radius 1 is 0.957 bits per heavy atom. The summed E-state index contributed by atoms with van der Waals surface area (Å²) in [6, 6.07) is 7.78. The molecule has 11 heteroatoms. The van der Waals surface area contributed by atoms with E-state index in [9.17, 15) is 24.3 Å². The Morgan fingerprint density at radius 3 is 2.45 bits per heavy atom. The van der Waals surface area contributed by atoms with Gasteiger partial charge in [0.1, 0.15) is 29.8 Å². The number of rotatable bonds is 11. The second kappa shape index (κ2) is 15.9. The zero-order valence-electron chi connectivity index (χ0n) is 27.4. The first-order valence-electron chi connectivity index (χ1n) is 17.2. The van der Waals surface area contributed by atoms with Crippen LogP contribution in [-0.2, 0) is 28.7 Å². The summed E-state index contributed by atoms with van der Waals surface area (Å²) in [4.78, 5) is 59.8. The highest BCUT2D eigenvalue weighted by molar-refractivity contribution is 9.11. The monoisotopic (exact) mass is 713 g/mol. The van der Waals surface area contributed by atoms with Gasteiger partial charge in [-0.25, -0.2) is 0 Å². The van der Waals surface area contributed by atoms with Crippen molar-refractivity contribution in [1.29, 1.82) is 0 Å². The summed E-state index contributed by atoms with van der Waals surface area (Å²) in [6.45, 7) is 5.23. The summed E-state index contributed by atoms with van der Waals surface area (Å²) in [5.74, 6) is -3.17. The molecule has 0 aromatic heterocycles. The molecule has 3 amide bonds. The van der Waals surface area contributed by atoms with E-state index >= 15 is 0 Å². The number of unbranched alkanes of at least 4 members (excludes halogenated alkanes) is 5. The minimum absolute atomic E-state index is 0.110. The molecular weight excluding hydrogens is 666 g/mol. The SMILES string of the molecule is CCCCCN1C/C=C\CCC(=O)N[C@H](C)[C@@H](c2ccccc2)OC(=O)[C@@H]2[C@H]3O[C@@]4(C=C3Br)[C@H](C1=O)N(CCCCCCO)C(=O)[C@@H]24. The first-order valence-corrected chi connectivity index (χ1v) is 18.0. The van der Waals surface area contributed by atoms with Gasteiger partial charge in [0.05, 0.1) is 12.0 Å². The van der Waals surface area contributed by atoms with Crippen molar-refractivity contribution in [2.45, 2.75) is 102 Å². The number of benzene rings is 1. The van der Waals surface area contributed by atoms with Crippen LogP contribution in [-0.4, -0.2) is 88.6 Å². The van der Waals surface area contributed by atoms with Crippen molar-refractivity contribution in [3.05, 3.63) is 58.6 Å². The number of allylic oxidation sites excluding steroid dienone is 1. The standard InChI is InChI=1S/C36H48BrN3O7/c1-3-4-12-19-39-20-13-8-11-18-27(42)38-24(2)30(25-16-9-7-10-17-25)46-35(45)28-29-33(43)40(21-14-5-6-15-22-41)32(34(39)44)36(29)23-26(37)31(28)47-36/h7-10,13,16-17,23-24,28-32,41H,3-6,11-12,14-15,18-22H2,1-2H3,(H,38,42)/b13-8-/t24-,28+,29-,30+,31+,32+,36-/m1/s1. The predicted octanol–water partition coefficient (Wildman–Crippen LogP) is 4.57. The number of halogens is 1. The number of ether oxygens (including phenoxy) is 2. The van der Waals surface area contributed by atoms with E-state index in [1.165, 1.54) is 0 Å². The summed E-state index contributed by atoms with van der Waals surface area (Å²) >= 11 is 3.63. The van der Waals surface area contributed by atoms with Crippen LogP contribution in [0.1, 0.15) is 83.3 Å². The van der Waals surface area contributed by atoms with E-state index in [2.05, 4.69) is 28.2 Å². The quantitative estimate of drug-likeness (QED) is 0.196. The van der Waals surface area contributed by atoms with Gasteiger partial charge in [-0.15, -0.1) is 0 Å². The lowest BCUT2D eigenvalue weighted by molar-refractivity contribution is -0.161. The van der Waals surface area contributed by atoms with Gasteiger partial charge in [0.25, 0.3) is 0 Å². The van der Waals surface area contributed by atoms with Gasteiger partial charge < -0.3 is 29.7 Å². The lowest BCUT2D eigenvalue weighted by Gasteiger charge is -2.36. The van der Waals surface area contributed by atoms with Crippen LogP contribution in [0.2, 0.25) is 0 Å². The van der Waals surface area contributed by atoms with Crippen LogP contribution in [0.25, 0.3) is 0 Å². The number of nitrogens with zero attached hydrogens (tertiary/aromatic N) is 2. The molecule has 2 fully saturated rings. The highest BCUT2D eigenvalue weighted by Crippen LogP contribution is 2.59. The number of aliphatic hydroxyl groups is 1. The number of carbonyl (C=O) groups excluding carboxylic acids is 4. The van der Waals surface area contributed by atoms with Gasteiger partial charge in [-0.1, -0.05) is 91.0 Å². The number of aliphatic hydroxyl groups excluding tert-OH is 1. The minimum Gasteiger partial charge on any atom is -0.455 e. The molecule has 256 valence electrons. The van der Waals surface area contributed by atoms with Crippen molar-refractivity contribution < 1.29 is 33.8 Å². The van der Waals surface area contributed by atoms with Crippen LogP contribution in [0.15, 0.2) is 53.0 Å². The summed E-state index contributed by atoms with van der Waals surface area (Å²) in [5.41, 5.74) is -0.604. The molecule has 1 spiro atoms. The first kappa shape index (κ1) is 35.3. The van der Waals surface area contributed by atoms with Crippen molar-refractivity contribution in [2.75, 3.05) is 26.2 Å². The molecule has 0 saturated carbocycles. The molecule has 5 bridgehead atoms. The fourth-order valence-corrected chi connectivity index (χ4v) is 8.25. The Labute approximate surface area is 286 Å². The minimum atomic E-state index is -1.32. The molecule has 2 saturated heterocycles. The number of cyclic esters (lactones) is 1. The highest BCUT2D eigenvalue weighted by atomic mass is 79.9. The van der Waals surface area contributed by atoms with Gasteiger partial charge in [-0.05, 0) is 44.2 Å². The Kier molecular flexibility index (Phi) is 12.0. The van der Waals surface area contributed by atoms with E-state index < -0.39 is 47.7 Å². The molecule has 2 N–H and O–H groups in total. The Hall–Kier alpha value is -3.02. The van der Waals surface area contributed by atoms with E-state index in [0.717, 1.165) is 37.7 Å². The number of hydrogen-bond acceptors (Lipinski definition) is 7. The third-order valence-electron chi connectivity index (χ3n) is 9.83. The van der Waals surface area contributed by atoms with E-state index in [4.69, 9.17) is 9.47 Å². The van der Waals surface area contributed by atoms with Crippen LogP contribution in [0.3, 0.4) is 0 Å². The second-order valence-corrected chi connectivity index (χ2v) is 14.0. The lowest BCUT2D eigenvalue weighted by atomic mass is 9.74. The third-order valence-corrected chi connectivity index (χ3v) is 10.5. The zero-order valence-corrected chi connectivity index (χ0v) is 29.0. The molecule has 4 heterocycles. The second-order valence-electron chi connectivity index (χ2n) is 13.1. The Balaban J connectivity index is 1.55. The number of hydrogen-bond donors (Lipinski definition) is 2. The van der Waals surface area contributed by atoms with Crippen LogP contribution in [0, 0.1) is 11.8 Å². The summed E-state index contributed by atoms with van der Waals surface area (Å²) in [5, 5.41) is 12.3. The first-order chi connectivity index (χ1) is 22.7. The molecule has 10 nitrogen and oxygen atoms in total. The predicted molar refractivity (Wildman–Crippen MR) is 180 cm³/mol. The van der Waals surface area contributed by atoms with Crippen molar-refractivity contribution in [3.8, 4) is 0 Å². The number of amides is 3. The van der Waals surface area contributed by atoms with Gasteiger partial charge in [0.2, 0.25) is 17.7 Å². The molecule has 47 heavy (non-hydrogen) atoms. The highest BCUT2D eigenvalue weighted by Gasteiger charge is 2.74. The summed E-state index contributed by atoms with van der Waals surface area (Å²) in [7, 11) is 0. The third kappa shape index (κ3) is 7.37. The van der Waals surface area contributed by atoms with Crippen molar-refractivity contribution in [2.24, 2.45) is 11.8 Å². The van der Waals surface area contributed by atoms with Gasteiger partial charge in [-0.2, -0.15) is 0 Å². The Morgan fingerprint density at radius 2 is 1.70 bits per heavy atom. The van der Waals surface area contributed by atoms with E-state index in [-0.39, 0.29) is 30.7 Å². The molecule has 4 aliphatic heterocycles. The van der Waals surface area contributed by atoms with Crippen LogP contribution >= 0.6 is 15.9 Å². The maximum absolute atomic E-state index is 14.7. The Bertz CT molecular complexity index is 1350. The van der Waals surface area contributed by atoms with Crippen molar-refractivity contribution in [1.82, 2.24) is 15.1 Å². The van der Waals surface area contributed by atoms with Crippen LogP contribution < -0.4 is 5.32 Å². The summed E-state index contributed by atoms with van der Waals surface area (Å²) < 4.78 is 13.5. The van der Waals surface area contributed by atoms with E-state index in [1.54, 1.807) is 9.80 Å². The molecule has 1 aromatic rings. The average molecular weight is 715 g/mol. The summed E-state index contributed by atoms with van der Waals surface area (Å²) in [6.07, 6.45) is 10.5. The number of likely N-dealkylation sites (tertiary alicyclic amines) is 1. The zero-order chi connectivity index (χ0) is 33.6. The molecule has 0 aliphatic carbocycles. The smallest absolute Gasteiger partial charge is 0.313 e. The van der Waals surface area contributed by atoms with Gasteiger partial charge in [-0.3, -0.25) is 19.2 Å². The van der Waals surface area contributed by atoms with Crippen LogP contribution in [0.5, 0.6) is 0 Å². The molecule has 5 rings (SSSR count). The number of nitrogens with one attached hydrogen (secondary N) is 1. The molecule has 0 unspecified atom stereocenters. The molecule has 7 atom stereocenters. The van der Waals surface area contributed by atoms with Gasteiger partial charge >= 0.3 is 5.97 Å². The van der Waals surface area contributed by atoms with Crippen molar-refractivity contribution >= 4 is 39.6 Å². The largest absolute Gasteiger partial charge is 0.455 e. The van der Waals surface area contributed by atoms with Crippen LogP contribution in [0.4, 0.5) is 0 Å². The van der Waals surface area contributed by atoms with E-state index in [0.29, 0.717) is 43.4 Å². The average Bonchev–Trinajstić information content (AvgIpc) is 3.65. The van der Waals surface area contributed by atoms with Gasteiger partial charge in [0.15, 0.2) is 0 Å². The molecule has 1 aromatic carbocycles. The molecule has 0 radical (unpaired) electrons. The molecular formula is C36H48BrN3O7. The fraction of sp³-hybridized carbons (Fsp3) is 0.611. The van der Waals surface area contributed by atoms with Crippen molar-refractivity contribution in [3.63, 3.8) is 0 Å². The normalized spacial score (nSPS) is 31.9. The number of fused-ring (bicyclic) bond motifs is 2. The van der Waals surface area contributed by atoms with Gasteiger partial charge in [0, 0.05) is 37.1 Å². The number of esters is 1. The number of carbonyl (C=O) groups is 4. The topological polar surface area (TPSA) is 125 Å². The fourth-order valence-electron chi connectivity index (χ4n) is 7.51. The van der Waals surface area contributed by atoms with E-state index in [1.807, 2.05) is 55.5 Å². The molecule has 4 aliphatic rings. The lowest BCUT2D eigenvalue weighted by Crippen LogP contribution is -2.56.